The number of carbonyl (C=O) groups excluding carboxylic acids is 2. The van der Waals surface area contributed by atoms with Gasteiger partial charge in [0, 0.05) is 20.2 Å². The fourth-order valence-electron chi connectivity index (χ4n) is 1.04. The molecule has 70 valence electrons. The lowest BCUT2D eigenvalue weighted by Crippen LogP contribution is -2.10. The minimum absolute atomic E-state index is 0.111. The standard InChI is InChI=1S/C9H11NO3/c1-6(12)8-4-7(5-11)13-9(8)10(2)3/h4-5H,1-3H3. The van der Waals surface area contributed by atoms with Gasteiger partial charge in [-0.05, 0) is 6.92 Å². The number of aldehydes is 1. The van der Waals surface area contributed by atoms with Crippen LogP contribution in [0.2, 0.25) is 0 Å². The normalized spacial score (nSPS) is 9.77. The maximum absolute atomic E-state index is 11.1. The quantitative estimate of drug-likeness (QED) is 0.522. The van der Waals surface area contributed by atoms with Crippen molar-refractivity contribution in [1.29, 1.82) is 0 Å². The topological polar surface area (TPSA) is 50.5 Å². The highest BCUT2D eigenvalue weighted by atomic mass is 16.4. The Labute approximate surface area is 76.1 Å². The molecule has 1 heterocycles. The Bertz CT molecular complexity index is 339. The van der Waals surface area contributed by atoms with E-state index in [2.05, 4.69) is 0 Å². The summed E-state index contributed by atoms with van der Waals surface area (Å²) in [6, 6.07) is 1.45. The Morgan fingerprint density at radius 3 is 2.46 bits per heavy atom. The first-order chi connectivity index (χ1) is 6.06. The highest BCUT2D eigenvalue weighted by molar-refractivity contribution is 5.99. The summed E-state index contributed by atoms with van der Waals surface area (Å²) in [5, 5.41) is 0. The maximum Gasteiger partial charge on any atom is 0.206 e. The number of rotatable bonds is 3. The fraction of sp³-hybridized carbons (Fsp3) is 0.333. The van der Waals surface area contributed by atoms with Gasteiger partial charge >= 0.3 is 0 Å². The van der Waals surface area contributed by atoms with Crippen LogP contribution >= 0.6 is 0 Å². The molecule has 4 heteroatoms. The van der Waals surface area contributed by atoms with Crippen molar-refractivity contribution in [3.05, 3.63) is 17.4 Å². The van der Waals surface area contributed by atoms with Gasteiger partial charge in [0.1, 0.15) is 0 Å². The van der Waals surface area contributed by atoms with Crippen LogP contribution in [-0.2, 0) is 0 Å². The minimum atomic E-state index is -0.111. The molecule has 0 aromatic carbocycles. The van der Waals surface area contributed by atoms with Gasteiger partial charge in [-0.1, -0.05) is 0 Å². The van der Waals surface area contributed by atoms with E-state index in [1.807, 2.05) is 0 Å². The summed E-state index contributed by atoms with van der Waals surface area (Å²) in [6.45, 7) is 1.44. The molecule has 0 saturated heterocycles. The van der Waals surface area contributed by atoms with Crippen LogP contribution in [0.4, 0.5) is 5.88 Å². The first-order valence-electron chi connectivity index (χ1n) is 3.83. The fourth-order valence-corrected chi connectivity index (χ4v) is 1.04. The van der Waals surface area contributed by atoms with Crippen LogP contribution in [0.25, 0.3) is 0 Å². The maximum atomic E-state index is 11.1. The van der Waals surface area contributed by atoms with Crippen molar-refractivity contribution in [1.82, 2.24) is 0 Å². The van der Waals surface area contributed by atoms with Crippen molar-refractivity contribution in [2.24, 2.45) is 0 Å². The molecule has 1 rings (SSSR count). The van der Waals surface area contributed by atoms with E-state index in [1.165, 1.54) is 13.0 Å². The smallest absolute Gasteiger partial charge is 0.206 e. The third-order valence-electron chi connectivity index (χ3n) is 1.63. The lowest BCUT2D eigenvalue weighted by molar-refractivity contribution is 0.101. The van der Waals surface area contributed by atoms with Crippen LogP contribution in [0, 0.1) is 0 Å². The first-order valence-corrected chi connectivity index (χ1v) is 3.83. The average molecular weight is 181 g/mol. The SMILES string of the molecule is CC(=O)c1cc(C=O)oc1N(C)C. The molecule has 1 aromatic heterocycles. The van der Waals surface area contributed by atoms with E-state index in [1.54, 1.807) is 19.0 Å². The zero-order valence-electron chi connectivity index (χ0n) is 7.83. The third kappa shape index (κ3) is 1.77. The molecule has 0 aliphatic heterocycles. The van der Waals surface area contributed by atoms with E-state index >= 15 is 0 Å². The molecule has 0 unspecified atom stereocenters. The van der Waals surface area contributed by atoms with E-state index in [-0.39, 0.29) is 11.5 Å². The van der Waals surface area contributed by atoms with Crippen molar-refractivity contribution in [3.8, 4) is 0 Å². The summed E-state index contributed by atoms with van der Waals surface area (Å²) in [4.78, 5) is 23.1. The summed E-state index contributed by atoms with van der Waals surface area (Å²) in [7, 11) is 3.50. The number of anilines is 1. The second-order valence-corrected chi connectivity index (χ2v) is 2.94. The van der Waals surface area contributed by atoms with Crippen LogP contribution in [0.5, 0.6) is 0 Å². The van der Waals surface area contributed by atoms with Crippen LogP contribution < -0.4 is 4.90 Å². The molecule has 0 radical (unpaired) electrons. The third-order valence-corrected chi connectivity index (χ3v) is 1.63. The van der Waals surface area contributed by atoms with E-state index in [4.69, 9.17) is 4.42 Å². The molecular weight excluding hydrogens is 170 g/mol. The number of nitrogens with zero attached hydrogens (tertiary/aromatic N) is 1. The predicted molar refractivity (Wildman–Crippen MR) is 48.4 cm³/mol. The number of ketones is 1. The van der Waals surface area contributed by atoms with Gasteiger partial charge in [0.05, 0.1) is 5.56 Å². The largest absolute Gasteiger partial charge is 0.437 e. The first kappa shape index (κ1) is 9.51. The van der Waals surface area contributed by atoms with E-state index in [9.17, 15) is 9.59 Å². The molecule has 0 saturated carbocycles. The van der Waals surface area contributed by atoms with Gasteiger partial charge in [-0.2, -0.15) is 0 Å². The summed E-state index contributed by atoms with van der Waals surface area (Å²) < 4.78 is 5.12. The molecule has 0 N–H and O–H groups in total. The second-order valence-electron chi connectivity index (χ2n) is 2.94. The Morgan fingerprint density at radius 1 is 1.54 bits per heavy atom. The molecule has 1 aromatic rings. The van der Waals surface area contributed by atoms with Crippen molar-refractivity contribution < 1.29 is 14.0 Å². The zero-order valence-corrected chi connectivity index (χ0v) is 7.83. The Morgan fingerprint density at radius 2 is 2.15 bits per heavy atom. The molecule has 0 spiro atoms. The lowest BCUT2D eigenvalue weighted by atomic mass is 10.2. The van der Waals surface area contributed by atoms with E-state index in [0.717, 1.165) is 0 Å². The van der Waals surface area contributed by atoms with Crippen molar-refractivity contribution >= 4 is 18.0 Å². The number of Topliss-reactive ketones (excluding diaryl/α,β-unsaturated/α-hetero) is 1. The van der Waals surface area contributed by atoms with Gasteiger partial charge in [-0.3, -0.25) is 9.59 Å². The summed E-state index contributed by atoms with van der Waals surface area (Å²) in [6.07, 6.45) is 0.583. The van der Waals surface area contributed by atoms with Crippen molar-refractivity contribution in [2.45, 2.75) is 6.92 Å². The van der Waals surface area contributed by atoms with Crippen LogP contribution in [0.1, 0.15) is 27.8 Å². The molecule has 0 aliphatic rings. The number of furan rings is 1. The zero-order chi connectivity index (χ0) is 10.0. The van der Waals surface area contributed by atoms with Crippen molar-refractivity contribution in [2.75, 3.05) is 19.0 Å². The molecule has 0 fully saturated rings. The molecule has 0 amide bonds. The van der Waals surface area contributed by atoms with Gasteiger partial charge in [0.25, 0.3) is 0 Å². The van der Waals surface area contributed by atoms with Crippen LogP contribution in [-0.4, -0.2) is 26.2 Å². The van der Waals surface area contributed by atoms with E-state index in [0.29, 0.717) is 17.7 Å². The van der Waals surface area contributed by atoms with Gasteiger partial charge in [-0.25, -0.2) is 0 Å². The van der Waals surface area contributed by atoms with E-state index < -0.39 is 0 Å². The summed E-state index contributed by atoms with van der Waals surface area (Å²) in [5.74, 6) is 0.490. The second kappa shape index (κ2) is 3.43. The van der Waals surface area contributed by atoms with Crippen molar-refractivity contribution in [3.63, 3.8) is 0 Å². The highest BCUT2D eigenvalue weighted by Crippen LogP contribution is 2.22. The Kier molecular flexibility index (Phi) is 2.51. The molecular formula is C9H11NO3. The van der Waals surface area contributed by atoms with Gasteiger partial charge in [0.15, 0.2) is 17.8 Å². The summed E-state index contributed by atoms with van der Waals surface area (Å²) >= 11 is 0. The average Bonchev–Trinajstić information content (AvgIpc) is 2.47. The summed E-state index contributed by atoms with van der Waals surface area (Å²) in [5.41, 5.74) is 0.437. The molecule has 0 aliphatic carbocycles. The highest BCUT2D eigenvalue weighted by Gasteiger charge is 2.15. The number of hydrogen-bond donors (Lipinski definition) is 0. The Balaban J connectivity index is 3.22. The minimum Gasteiger partial charge on any atom is -0.437 e. The number of carbonyl (C=O) groups is 2. The molecule has 4 nitrogen and oxygen atoms in total. The van der Waals surface area contributed by atoms with Crippen LogP contribution in [0.3, 0.4) is 0 Å². The lowest BCUT2D eigenvalue weighted by Gasteiger charge is -2.08. The van der Waals surface area contributed by atoms with Crippen LogP contribution in [0.15, 0.2) is 10.5 Å². The monoisotopic (exact) mass is 181 g/mol. The molecule has 0 atom stereocenters. The Hall–Kier alpha value is -1.58. The van der Waals surface area contributed by atoms with Gasteiger partial charge in [0.2, 0.25) is 5.88 Å². The molecule has 13 heavy (non-hydrogen) atoms. The number of hydrogen-bond acceptors (Lipinski definition) is 4. The van der Waals surface area contributed by atoms with Gasteiger partial charge < -0.3 is 9.32 Å². The predicted octanol–water partition coefficient (Wildman–Crippen LogP) is 1.36. The molecule has 0 bridgehead atoms. The van der Waals surface area contributed by atoms with Gasteiger partial charge in [-0.15, -0.1) is 0 Å².